The van der Waals surface area contributed by atoms with Gasteiger partial charge in [0.05, 0.1) is 19.5 Å². The summed E-state index contributed by atoms with van der Waals surface area (Å²) in [7, 11) is -4.15. The van der Waals surface area contributed by atoms with Crippen LogP contribution in [0.2, 0.25) is 0 Å². The molecule has 8 heteroatoms. The molecule has 7 nitrogen and oxygen atoms in total. The summed E-state index contributed by atoms with van der Waals surface area (Å²) in [4.78, 5) is 9.30. The highest BCUT2D eigenvalue weighted by Crippen LogP contribution is 2.42. The fourth-order valence-electron chi connectivity index (χ4n) is 2.84. The summed E-state index contributed by atoms with van der Waals surface area (Å²) < 4.78 is 25.8. The summed E-state index contributed by atoms with van der Waals surface area (Å²) in [6, 6.07) is 0. The number of unbranched alkanes of at least 4 members (excludes halogenated alkanes) is 12. The van der Waals surface area contributed by atoms with Gasteiger partial charge in [0.15, 0.2) is 0 Å². The van der Waals surface area contributed by atoms with Crippen molar-refractivity contribution in [3.8, 4) is 0 Å². The second kappa shape index (κ2) is 20.8. The van der Waals surface area contributed by atoms with E-state index in [0.29, 0.717) is 0 Å². The van der Waals surface area contributed by atoms with Crippen molar-refractivity contribution in [2.75, 3.05) is 26.4 Å². The second-order valence-electron chi connectivity index (χ2n) is 7.42. The Morgan fingerprint density at radius 1 is 0.897 bits per heavy atom. The minimum Gasteiger partial charge on any atom is -0.499 e. The molecule has 2 atom stereocenters. The third kappa shape index (κ3) is 22.1. The molecule has 0 saturated heterocycles. The molecule has 0 radical (unpaired) electrons. The lowest BCUT2D eigenvalue weighted by atomic mass is 10.0. The molecule has 0 aromatic rings. The van der Waals surface area contributed by atoms with E-state index in [-0.39, 0.29) is 26.4 Å². The molecule has 1 unspecified atom stereocenters. The molecular weight excluding hydrogens is 393 g/mol. The first-order valence-electron chi connectivity index (χ1n) is 11.3. The molecule has 0 aliphatic carbocycles. The molecule has 0 aromatic carbocycles. The zero-order valence-electron chi connectivity index (χ0n) is 18.3. The van der Waals surface area contributed by atoms with Crippen LogP contribution in [0.3, 0.4) is 0 Å². The number of hydrogen-bond donors (Lipinski definition) is 3. The fraction of sp³-hybridized carbons (Fsp3) is 0.905. The Morgan fingerprint density at radius 2 is 1.45 bits per heavy atom. The van der Waals surface area contributed by atoms with Gasteiger partial charge in [-0.3, -0.25) is 9.05 Å². The van der Waals surface area contributed by atoms with Crippen LogP contribution >= 0.6 is 7.82 Å². The van der Waals surface area contributed by atoms with Gasteiger partial charge in [0.1, 0.15) is 12.7 Å². The Kier molecular flexibility index (Phi) is 20.5. The molecule has 0 aliphatic heterocycles. The van der Waals surface area contributed by atoms with Gasteiger partial charge in [0, 0.05) is 6.54 Å². The Labute approximate surface area is 177 Å². The maximum Gasteiger partial charge on any atom is 0.472 e. The normalized spacial score (nSPS) is 14.9. The largest absolute Gasteiger partial charge is 0.499 e. The highest BCUT2D eigenvalue weighted by atomic mass is 31.2. The van der Waals surface area contributed by atoms with Crippen LogP contribution in [0.15, 0.2) is 12.3 Å². The van der Waals surface area contributed by atoms with E-state index in [1.165, 1.54) is 70.6 Å². The van der Waals surface area contributed by atoms with Gasteiger partial charge in [-0.1, -0.05) is 77.6 Å². The summed E-state index contributed by atoms with van der Waals surface area (Å²) in [5.41, 5.74) is 5.18. The molecule has 29 heavy (non-hydrogen) atoms. The third-order valence-corrected chi connectivity index (χ3v) is 5.49. The molecule has 0 spiro atoms. The quantitative estimate of drug-likeness (QED) is 0.123. The zero-order valence-corrected chi connectivity index (χ0v) is 19.2. The zero-order chi connectivity index (χ0) is 21.6. The van der Waals surface area contributed by atoms with Gasteiger partial charge in [0.2, 0.25) is 0 Å². The van der Waals surface area contributed by atoms with Gasteiger partial charge in [-0.05, 0) is 18.9 Å². The van der Waals surface area contributed by atoms with Crippen molar-refractivity contribution >= 4 is 7.82 Å². The van der Waals surface area contributed by atoms with Crippen LogP contribution in [0.5, 0.6) is 0 Å². The lowest BCUT2D eigenvalue weighted by Crippen LogP contribution is -2.20. The van der Waals surface area contributed by atoms with Crippen LogP contribution in [0.25, 0.3) is 0 Å². The average molecular weight is 438 g/mol. The standard InChI is InChI=1S/C21H44NO6P/c1-2-3-4-5-6-7-8-9-10-11-12-13-14-15-17-26-19-21(23)20-28-29(24,25)27-18-16-22/h15,17,21,23H,2-14,16,18-20,22H2,1H3,(H,24,25)/b17-15+/t21-/m1/s1. The van der Waals surface area contributed by atoms with Crippen molar-refractivity contribution in [3.63, 3.8) is 0 Å². The Bertz CT molecular complexity index is 422. The first-order valence-corrected chi connectivity index (χ1v) is 12.8. The van der Waals surface area contributed by atoms with Crippen LogP contribution in [-0.4, -0.2) is 42.5 Å². The summed E-state index contributed by atoms with van der Waals surface area (Å²) in [5.74, 6) is 0. The highest BCUT2D eigenvalue weighted by Gasteiger charge is 2.22. The van der Waals surface area contributed by atoms with Gasteiger partial charge in [-0.2, -0.15) is 0 Å². The van der Waals surface area contributed by atoms with Crippen LogP contribution in [0.1, 0.15) is 90.4 Å². The number of phosphoric ester groups is 1. The van der Waals surface area contributed by atoms with Crippen molar-refractivity contribution in [2.24, 2.45) is 5.73 Å². The SMILES string of the molecule is CCCCCCCCCCCCCC/C=C/OC[C@@H](O)COP(=O)(O)OCCN. The number of phosphoric acid groups is 1. The summed E-state index contributed by atoms with van der Waals surface area (Å²) >= 11 is 0. The van der Waals surface area contributed by atoms with Gasteiger partial charge in [-0.15, -0.1) is 0 Å². The minimum atomic E-state index is -4.15. The predicted octanol–water partition coefficient (Wildman–Crippen LogP) is 5.06. The first-order chi connectivity index (χ1) is 14.0. The van der Waals surface area contributed by atoms with Crippen molar-refractivity contribution < 1.29 is 28.3 Å². The Balaban J connectivity index is 3.38. The molecular formula is C21H44NO6P. The van der Waals surface area contributed by atoms with E-state index in [2.05, 4.69) is 16.0 Å². The van der Waals surface area contributed by atoms with Crippen molar-refractivity contribution in [1.29, 1.82) is 0 Å². The van der Waals surface area contributed by atoms with E-state index < -0.39 is 13.9 Å². The van der Waals surface area contributed by atoms with Crippen LogP contribution in [-0.2, 0) is 18.3 Å². The molecule has 0 bridgehead atoms. The monoisotopic (exact) mass is 437 g/mol. The average Bonchev–Trinajstić information content (AvgIpc) is 2.70. The van der Waals surface area contributed by atoms with Crippen molar-refractivity contribution in [1.82, 2.24) is 0 Å². The maximum atomic E-state index is 11.4. The second-order valence-corrected chi connectivity index (χ2v) is 8.88. The number of hydrogen-bond acceptors (Lipinski definition) is 6. The van der Waals surface area contributed by atoms with Gasteiger partial charge >= 0.3 is 7.82 Å². The number of allylic oxidation sites excluding steroid dienone is 1. The molecule has 0 aliphatic rings. The van der Waals surface area contributed by atoms with E-state index in [1.807, 2.05) is 6.08 Å². The lowest BCUT2D eigenvalue weighted by molar-refractivity contribution is 0.0311. The van der Waals surface area contributed by atoms with Crippen molar-refractivity contribution in [3.05, 3.63) is 12.3 Å². The predicted molar refractivity (Wildman–Crippen MR) is 118 cm³/mol. The number of aliphatic hydroxyl groups is 1. The number of aliphatic hydroxyl groups excluding tert-OH is 1. The number of nitrogens with two attached hydrogens (primary N) is 1. The summed E-state index contributed by atoms with van der Waals surface area (Å²) in [6.07, 6.45) is 19.4. The van der Waals surface area contributed by atoms with E-state index in [9.17, 15) is 14.6 Å². The van der Waals surface area contributed by atoms with Crippen LogP contribution < -0.4 is 5.73 Å². The van der Waals surface area contributed by atoms with E-state index in [0.717, 1.165) is 12.8 Å². The molecule has 0 aromatic heterocycles. The fourth-order valence-corrected chi connectivity index (χ4v) is 3.61. The molecule has 0 fully saturated rings. The van der Waals surface area contributed by atoms with Gasteiger partial charge in [-0.25, -0.2) is 4.57 Å². The highest BCUT2D eigenvalue weighted by molar-refractivity contribution is 7.47. The lowest BCUT2D eigenvalue weighted by Gasteiger charge is -2.14. The molecule has 0 amide bonds. The molecule has 0 saturated carbocycles. The van der Waals surface area contributed by atoms with E-state index in [1.54, 1.807) is 6.26 Å². The summed E-state index contributed by atoms with van der Waals surface area (Å²) in [6.45, 7) is 1.94. The number of rotatable bonds is 22. The molecule has 0 heterocycles. The Morgan fingerprint density at radius 3 is 2.00 bits per heavy atom. The maximum absolute atomic E-state index is 11.4. The van der Waals surface area contributed by atoms with Crippen molar-refractivity contribution in [2.45, 2.75) is 96.5 Å². The van der Waals surface area contributed by atoms with Crippen LogP contribution in [0, 0.1) is 0 Å². The third-order valence-electron chi connectivity index (χ3n) is 4.51. The number of ether oxygens (including phenoxy) is 1. The molecule has 4 N–H and O–H groups in total. The smallest absolute Gasteiger partial charge is 0.472 e. The molecule has 0 rings (SSSR count). The molecule has 174 valence electrons. The summed E-state index contributed by atoms with van der Waals surface area (Å²) in [5, 5.41) is 9.66. The minimum absolute atomic E-state index is 0.00810. The van der Waals surface area contributed by atoms with Gasteiger partial charge < -0.3 is 20.5 Å². The van der Waals surface area contributed by atoms with Gasteiger partial charge in [0.25, 0.3) is 0 Å². The van der Waals surface area contributed by atoms with Crippen LogP contribution in [0.4, 0.5) is 0 Å². The van der Waals surface area contributed by atoms with E-state index in [4.69, 9.17) is 10.5 Å². The first kappa shape index (κ1) is 28.6. The topological polar surface area (TPSA) is 111 Å². The Hall–Kier alpha value is -0.430. The van der Waals surface area contributed by atoms with E-state index >= 15 is 0 Å².